The van der Waals surface area contributed by atoms with Gasteiger partial charge in [-0.25, -0.2) is 13.4 Å². The smallest absolute Gasteiger partial charge is 0.246 e. The summed E-state index contributed by atoms with van der Waals surface area (Å²) in [5.41, 5.74) is 3.43. The molecule has 0 amide bonds. The highest BCUT2D eigenvalue weighted by atomic mass is 32.2. The van der Waals surface area contributed by atoms with E-state index >= 15 is 0 Å². The van der Waals surface area contributed by atoms with Gasteiger partial charge in [0.05, 0.1) is 22.4 Å². The van der Waals surface area contributed by atoms with Crippen molar-refractivity contribution in [2.45, 2.75) is 32.2 Å². The molecule has 2 unspecified atom stereocenters. The summed E-state index contributed by atoms with van der Waals surface area (Å²) in [6, 6.07) is 8.15. The Kier molecular flexibility index (Phi) is 4.44. The number of para-hydroxylation sites is 2. The van der Waals surface area contributed by atoms with E-state index in [1.165, 1.54) is 0 Å². The number of aryl methyl sites for hydroxylation is 3. The van der Waals surface area contributed by atoms with Crippen LogP contribution in [0, 0.1) is 25.7 Å². The average molecular weight is 429 g/mol. The van der Waals surface area contributed by atoms with E-state index in [2.05, 4.69) is 20.6 Å². The van der Waals surface area contributed by atoms with Crippen molar-refractivity contribution in [3.8, 4) is 0 Å². The predicted molar refractivity (Wildman–Crippen MR) is 116 cm³/mol. The molecule has 3 aromatic rings. The minimum absolute atomic E-state index is 0.321. The van der Waals surface area contributed by atoms with Crippen LogP contribution < -0.4 is 4.90 Å². The first-order valence-corrected chi connectivity index (χ1v) is 12.0. The lowest BCUT2D eigenvalue weighted by Gasteiger charge is -2.22. The van der Waals surface area contributed by atoms with Gasteiger partial charge in [0.1, 0.15) is 4.90 Å². The highest BCUT2D eigenvalue weighted by molar-refractivity contribution is 7.89. The molecule has 5 rings (SSSR count). The van der Waals surface area contributed by atoms with Crippen molar-refractivity contribution in [3.05, 3.63) is 35.7 Å². The average Bonchev–Trinajstić information content (AvgIpc) is 3.43. The molecule has 2 atom stereocenters. The lowest BCUT2D eigenvalue weighted by atomic mass is 10.0. The van der Waals surface area contributed by atoms with Gasteiger partial charge in [0, 0.05) is 39.8 Å². The molecule has 0 bridgehead atoms. The Hall–Kier alpha value is -2.39. The minimum atomic E-state index is -3.53. The Bertz CT molecular complexity index is 1210. The van der Waals surface area contributed by atoms with Crippen LogP contribution in [0.4, 0.5) is 5.95 Å². The predicted octanol–water partition coefficient (Wildman–Crippen LogP) is 2.16. The molecule has 2 aliphatic heterocycles. The molecule has 2 saturated heterocycles. The van der Waals surface area contributed by atoms with Crippen LogP contribution in [0.2, 0.25) is 0 Å². The van der Waals surface area contributed by atoms with Crippen LogP contribution >= 0.6 is 0 Å². The first kappa shape index (κ1) is 19.6. The molecule has 2 fully saturated rings. The summed E-state index contributed by atoms with van der Waals surface area (Å²) < 4.78 is 32.4. The highest BCUT2D eigenvalue weighted by Gasteiger charge is 2.46. The van der Waals surface area contributed by atoms with E-state index in [1.54, 1.807) is 15.9 Å². The number of benzene rings is 1. The maximum absolute atomic E-state index is 13.4. The molecule has 9 heteroatoms. The maximum Gasteiger partial charge on any atom is 0.246 e. The van der Waals surface area contributed by atoms with Gasteiger partial charge in [0.25, 0.3) is 0 Å². The van der Waals surface area contributed by atoms with Gasteiger partial charge in [-0.2, -0.15) is 9.40 Å². The molecular weight excluding hydrogens is 400 g/mol. The summed E-state index contributed by atoms with van der Waals surface area (Å²) in [5.74, 6) is 1.61. The second kappa shape index (κ2) is 6.81. The number of aromatic nitrogens is 4. The molecule has 4 heterocycles. The largest absolute Gasteiger partial charge is 0.342 e. The summed E-state index contributed by atoms with van der Waals surface area (Å²) in [6.07, 6.45) is 0. The number of imidazole rings is 1. The molecule has 0 N–H and O–H groups in total. The van der Waals surface area contributed by atoms with Gasteiger partial charge in [0.2, 0.25) is 16.0 Å². The van der Waals surface area contributed by atoms with E-state index in [0.717, 1.165) is 35.8 Å². The Labute approximate surface area is 177 Å². The SMILES string of the molecule is CCn1nc(C)c(S(=O)(=O)N2CC3CN(c4nc5ccccc5n4C)CC3C2)c1C. The Balaban J connectivity index is 1.37. The highest BCUT2D eigenvalue weighted by Crippen LogP contribution is 2.37. The minimum Gasteiger partial charge on any atom is -0.342 e. The fourth-order valence-corrected chi connectivity index (χ4v) is 7.14. The zero-order valence-electron chi connectivity index (χ0n) is 17.9. The topological polar surface area (TPSA) is 76.3 Å². The molecular formula is C21H28N6O2S. The third-order valence-corrected chi connectivity index (χ3v) is 8.80. The first-order chi connectivity index (χ1) is 14.3. The number of nitrogens with zero attached hydrogens (tertiary/aromatic N) is 6. The van der Waals surface area contributed by atoms with Gasteiger partial charge in [-0.05, 0) is 44.7 Å². The Morgan fingerprint density at radius 1 is 1.07 bits per heavy atom. The van der Waals surface area contributed by atoms with E-state index in [-0.39, 0.29) is 0 Å². The standard InChI is InChI=1S/C21H28N6O2S/c1-5-27-15(3)20(14(2)23-27)30(28,29)26-12-16-10-25(11-17(16)13-26)21-22-18-8-6-7-9-19(18)24(21)4/h6-9,16-17H,5,10-13H2,1-4H3. The number of rotatable bonds is 4. The lowest BCUT2D eigenvalue weighted by molar-refractivity contribution is 0.451. The third kappa shape index (κ3) is 2.79. The van der Waals surface area contributed by atoms with Crippen molar-refractivity contribution in [1.82, 2.24) is 23.6 Å². The van der Waals surface area contributed by atoms with Gasteiger partial charge in [0.15, 0.2) is 0 Å². The van der Waals surface area contributed by atoms with Crippen LogP contribution in [0.5, 0.6) is 0 Å². The number of anilines is 1. The Morgan fingerprint density at radius 3 is 2.33 bits per heavy atom. The van der Waals surface area contributed by atoms with E-state index in [4.69, 9.17) is 4.98 Å². The molecule has 1 aromatic carbocycles. The van der Waals surface area contributed by atoms with Crippen molar-refractivity contribution < 1.29 is 8.42 Å². The summed E-state index contributed by atoms with van der Waals surface area (Å²) in [4.78, 5) is 7.51. The van der Waals surface area contributed by atoms with Crippen LogP contribution in [-0.4, -0.2) is 58.2 Å². The van der Waals surface area contributed by atoms with Crippen molar-refractivity contribution in [1.29, 1.82) is 0 Å². The van der Waals surface area contributed by atoms with E-state index in [1.807, 2.05) is 39.1 Å². The van der Waals surface area contributed by atoms with Crippen LogP contribution in [0.1, 0.15) is 18.3 Å². The van der Waals surface area contributed by atoms with Gasteiger partial charge < -0.3 is 9.47 Å². The van der Waals surface area contributed by atoms with Crippen molar-refractivity contribution in [2.24, 2.45) is 18.9 Å². The number of hydrogen-bond donors (Lipinski definition) is 0. The molecule has 0 saturated carbocycles. The van der Waals surface area contributed by atoms with Gasteiger partial charge in [-0.1, -0.05) is 12.1 Å². The van der Waals surface area contributed by atoms with Crippen LogP contribution in [-0.2, 0) is 23.6 Å². The fourth-order valence-electron chi connectivity index (χ4n) is 5.22. The fraction of sp³-hybridized carbons (Fsp3) is 0.524. The van der Waals surface area contributed by atoms with Gasteiger partial charge in [-0.15, -0.1) is 0 Å². The van der Waals surface area contributed by atoms with Gasteiger partial charge >= 0.3 is 0 Å². The van der Waals surface area contributed by atoms with Crippen LogP contribution in [0.15, 0.2) is 29.2 Å². The van der Waals surface area contributed by atoms with E-state index in [9.17, 15) is 8.42 Å². The molecule has 0 aliphatic carbocycles. The van der Waals surface area contributed by atoms with Gasteiger partial charge in [-0.3, -0.25) is 4.68 Å². The van der Waals surface area contributed by atoms with E-state index < -0.39 is 10.0 Å². The molecule has 2 aromatic heterocycles. The van der Waals surface area contributed by atoms with Crippen molar-refractivity contribution in [3.63, 3.8) is 0 Å². The summed E-state index contributed by atoms with van der Waals surface area (Å²) in [7, 11) is -1.48. The number of sulfonamides is 1. The maximum atomic E-state index is 13.4. The summed E-state index contributed by atoms with van der Waals surface area (Å²) >= 11 is 0. The zero-order chi connectivity index (χ0) is 21.2. The number of fused-ring (bicyclic) bond motifs is 2. The molecule has 0 spiro atoms. The van der Waals surface area contributed by atoms with Crippen LogP contribution in [0.3, 0.4) is 0 Å². The number of hydrogen-bond acceptors (Lipinski definition) is 5. The first-order valence-electron chi connectivity index (χ1n) is 10.5. The zero-order valence-corrected chi connectivity index (χ0v) is 18.7. The van der Waals surface area contributed by atoms with Crippen LogP contribution in [0.25, 0.3) is 11.0 Å². The molecule has 160 valence electrons. The second-order valence-corrected chi connectivity index (χ2v) is 10.4. The lowest BCUT2D eigenvalue weighted by Crippen LogP contribution is -2.34. The molecule has 2 aliphatic rings. The molecule has 30 heavy (non-hydrogen) atoms. The molecule has 0 radical (unpaired) electrons. The summed E-state index contributed by atoms with van der Waals surface area (Å²) in [5, 5.41) is 4.41. The quantitative estimate of drug-likeness (QED) is 0.637. The molecule has 8 nitrogen and oxygen atoms in total. The third-order valence-electron chi connectivity index (χ3n) is 6.71. The Morgan fingerprint density at radius 2 is 1.73 bits per heavy atom. The van der Waals surface area contributed by atoms with Crippen molar-refractivity contribution in [2.75, 3.05) is 31.1 Å². The van der Waals surface area contributed by atoms with Crippen molar-refractivity contribution >= 4 is 27.0 Å². The second-order valence-electron chi connectivity index (χ2n) is 8.52. The van der Waals surface area contributed by atoms with E-state index in [0.29, 0.717) is 42.1 Å². The monoisotopic (exact) mass is 428 g/mol. The summed E-state index contributed by atoms with van der Waals surface area (Å²) in [6.45, 7) is 9.07. The normalized spacial score (nSPS) is 22.3.